The van der Waals surface area contributed by atoms with Crippen LogP contribution in [0.3, 0.4) is 0 Å². The Balaban J connectivity index is 0.000000487. The topological polar surface area (TPSA) is 114 Å². The van der Waals surface area contributed by atoms with E-state index in [1.54, 1.807) is 7.05 Å². The Hall–Kier alpha value is -1.83. The van der Waals surface area contributed by atoms with Crippen LogP contribution in [0.1, 0.15) is 0 Å². The molecule has 0 spiro atoms. The molecule has 0 radical (unpaired) electrons. The van der Waals surface area contributed by atoms with Gasteiger partial charge in [-0.05, 0) is 18.2 Å². The summed E-state index contributed by atoms with van der Waals surface area (Å²) in [5.74, 6) is 0.410. The van der Waals surface area contributed by atoms with Gasteiger partial charge in [0.25, 0.3) is 5.09 Å². The second-order valence-electron chi connectivity index (χ2n) is 2.48. The van der Waals surface area contributed by atoms with E-state index in [1.165, 1.54) is 0 Å². The number of hydrogen-bond acceptors (Lipinski definition) is 3. The van der Waals surface area contributed by atoms with Crippen molar-refractivity contribution >= 4 is 27.6 Å². The number of rotatable bonds is 1. The summed E-state index contributed by atoms with van der Waals surface area (Å²) < 4.78 is 1.01. The molecule has 7 nitrogen and oxygen atoms in total. The van der Waals surface area contributed by atoms with Gasteiger partial charge in [-0.15, -0.1) is 10.1 Å². The minimum absolute atomic E-state index is 0.410. The van der Waals surface area contributed by atoms with E-state index < -0.39 is 5.09 Å². The van der Waals surface area contributed by atoms with E-state index in [1.807, 2.05) is 24.3 Å². The molecule has 1 aromatic carbocycles. The maximum atomic E-state index is 8.36. The lowest BCUT2D eigenvalue weighted by Gasteiger charge is -2.03. The Labute approximate surface area is 100 Å². The summed E-state index contributed by atoms with van der Waals surface area (Å²) in [7, 11) is 1.64. The van der Waals surface area contributed by atoms with Crippen LogP contribution in [0.15, 0.2) is 33.7 Å². The summed E-state index contributed by atoms with van der Waals surface area (Å²) in [4.78, 5) is 12.1. The van der Waals surface area contributed by atoms with Crippen molar-refractivity contribution in [1.29, 1.82) is 0 Å². The lowest BCUT2D eigenvalue weighted by molar-refractivity contribution is -0.742. The average molecular weight is 291 g/mol. The Bertz CT molecular complexity index is 379. The number of benzene rings is 1. The molecule has 8 heteroatoms. The zero-order valence-corrected chi connectivity index (χ0v) is 10.0. The molecule has 0 saturated carbocycles. The van der Waals surface area contributed by atoms with Gasteiger partial charge in [-0.2, -0.15) is 0 Å². The van der Waals surface area contributed by atoms with Gasteiger partial charge in [-0.1, -0.05) is 22.0 Å². The van der Waals surface area contributed by atoms with Crippen LogP contribution in [-0.2, 0) is 0 Å². The standard InChI is InChI=1S/C8H10BrN3.HNO3/c1-11-8(10)12-7-4-2-3-6(9)5-7;2-1(3)4/h2-5H,1H3,(H3,10,11,12);(H,2,3,4). The van der Waals surface area contributed by atoms with E-state index >= 15 is 0 Å². The maximum absolute atomic E-state index is 8.36. The highest BCUT2D eigenvalue weighted by molar-refractivity contribution is 9.10. The maximum Gasteiger partial charge on any atom is 0.291 e. The molecule has 0 aliphatic heterocycles. The molecular weight excluding hydrogens is 280 g/mol. The molecule has 0 fully saturated rings. The minimum atomic E-state index is -1.50. The minimum Gasteiger partial charge on any atom is -0.370 e. The molecule has 0 unspecified atom stereocenters. The number of aliphatic imine (C=N–C) groups is 1. The van der Waals surface area contributed by atoms with Gasteiger partial charge >= 0.3 is 0 Å². The molecule has 1 rings (SSSR count). The first-order valence-electron chi connectivity index (χ1n) is 4.03. The van der Waals surface area contributed by atoms with Gasteiger partial charge in [-0.25, -0.2) is 0 Å². The Kier molecular flexibility index (Phi) is 6.61. The molecule has 0 aliphatic carbocycles. The van der Waals surface area contributed by atoms with Crippen LogP contribution in [-0.4, -0.2) is 23.3 Å². The summed E-state index contributed by atoms with van der Waals surface area (Å²) in [6.07, 6.45) is 0. The Morgan fingerprint density at radius 2 is 2.25 bits per heavy atom. The van der Waals surface area contributed by atoms with Gasteiger partial charge in [0.1, 0.15) is 0 Å². The van der Waals surface area contributed by atoms with Crippen LogP contribution in [0.5, 0.6) is 0 Å². The van der Waals surface area contributed by atoms with E-state index in [4.69, 9.17) is 21.1 Å². The van der Waals surface area contributed by atoms with E-state index in [0.29, 0.717) is 5.96 Å². The van der Waals surface area contributed by atoms with Crippen LogP contribution >= 0.6 is 15.9 Å². The number of halogens is 1. The van der Waals surface area contributed by atoms with Crippen molar-refractivity contribution in [3.8, 4) is 0 Å². The molecule has 1 aromatic rings. The smallest absolute Gasteiger partial charge is 0.291 e. The van der Waals surface area contributed by atoms with Crippen molar-refractivity contribution in [2.45, 2.75) is 0 Å². The van der Waals surface area contributed by atoms with Crippen LogP contribution < -0.4 is 11.1 Å². The molecule has 0 atom stereocenters. The lowest BCUT2D eigenvalue weighted by Crippen LogP contribution is -2.21. The fraction of sp³-hybridized carbons (Fsp3) is 0.125. The number of hydrogen-bond donors (Lipinski definition) is 3. The SMILES string of the molecule is CN=C(N)Nc1cccc(Br)c1.O=[N+]([O-])O. The zero-order chi connectivity index (χ0) is 12.6. The normalized spacial score (nSPS) is 10.0. The zero-order valence-electron chi connectivity index (χ0n) is 8.42. The highest BCUT2D eigenvalue weighted by Crippen LogP contribution is 2.14. The van der Waals surface area contributed by atoms with Gasteiger partial charge in [0, 0.05) is 17.2 Å². The second-order valence-corrected chi connectivity index (χ2v) is 3.40. The van der Waals surface area contributed by atoms with Crippen molar-refractivity contribution in [2.75, 3.05) is 12.4 Å². The van der Waals surface area contributed by atoms with Crippen LogP contribution in [0.25, 0.3) is 0 Å². The largest absolute Gasteiger partial charge is 0.370 e. The molecule has 0 heterocycles. The third-order valence-corrected chi connectivity index (χ3v) is 1.83. The van der Waals surface area contributed by atoms with Crippen molar-refractivity contribution in [3.63, 3.8) is 0 Å². The third-order valence-electron chi connectivity index (χ3n) is 1.34. The van der Waals surface area contributed by atoms with Gasteiger partial charge in [0.15, 0.2) is 5.96 Å². The van der Waals surface area contributed by atoms with Crippen molar-refractivity contribution in [1.82, 2.24) is 0 Å². The molecule has 0 aliphatic rings. The highest BCUT2D eigenvalue weighted by atomic mass is 79.9. The summed E-state index contributed by atoms with van der Waals surface area (Å²) in [6, 6.07) is 7.72. The molecule has 0 bridgehead atoms. The van der Waals surface area contributed by atoms with E-state index in [0.717, 1.165) is 10.2 Å². The predicted molar refractivity (Wildman–Crippen MR) is 64.1 cm³/mol. The molecule has 0 amide bonds. The average Bonchev–Trinajstić information content (AvgIpc) is 2.16. The van der Waals surface area contributed by atoms with E-state index in [2.05, 4.69) is 26.2 Å². The Morgan fingerprint density at radius 3 is 2.69 bits per heavy atom. The van der Waals surface area contributed by atoms with Gasteiger partial charge in [0.2, 0.25) is 0 Å². The molecule has 0 aromatic heterocycles. The molecule has 0 saturated heterocycles. The summed E-state index contributed by atoms with van der Waals surface area (Å²) in [5, 5.41) is 16.6. The van der Waals surface area contributed by atoms with E-state index in [9.17, 15) is 0 Å². The molecule has 16 heavy (non-hydrogen) atoms. The summed E-state index contributed by atoms with van der Waals surface area (Å²) in [5.41, 5.74) is 6.40. The molecular formula is C8H11BrN4O3. The first kappa shape index (κ1) is 14.2. The second kappa shape index (κ2) is 7.46. The molecule has 4 N–H and O–H groups in total. The van der Waals surface area contributed by atoms with Gasteiger partial charge in [-0.3, -0.25) is 4.99 Å². The first-order valence-corrected chi connectivity index (χ1v) is 4.83. The number of nitrogens with two attached hydrogens (primary N) is 1. The number of anilines is 1. The van der Waals surface area contributed by atoms with Crippen LogP contribution in [0.4, 0.5) is 5.69 Å². The predicted octanol–water partition coefficient (Wildman–Crippen LogP) is 1.46. The van der Waals surface area contributed by atoms with Crippen molar-refractivity contribution in [2.24, 2.45) is 10.7 Å². The fourth-order valence-electron chi connectivity index (χ4n) is 0.770. The number of nitrogens with one attached hydrogen (secondary N) is 1. The van der Waals surface area contributed by atoms with Crippen molar-refractivity contribution < 1.29 is 10.3 Å². The van der Waals surface area contributed by atoms with Crippen molar-refractivity contribution in [3.05, 3.63) is 38.9 Å². The number of guanidine groups is 1. The van der Waals surface area contributed by atoms with Gasteiger partial charge in [0.05, 0.1) is 0 Å². The summed E-state index contributed by atoms with van der Waals surface area (Å²) >= 11 is 3.35. The first-order chi connectivity index (χ1) is 7.45. The molecule has 88 valence electrons. The number of nitrogens with zero attached hydrogens (tertiary/aromatic N) is 2. The monoisotopic (exact) mass is 290 g/mol. The third kappa shape index (κ3) is 7.56. The fourth-order valence-corrected chi connectivity index (χ4v) is 1.17. The van der Waals surface area contributed by atoms with Gasteiger partial charge < -0.3 is 16.3 Å². The lowest BCUT2D eigenvalue weighted by atomic mass is 10.3. The quantitative estimate of drug-likeness (QED) is 0.313. The summed E-state index contributed by atoms with van der Waals surface area (Å²) in [6.45, 7) is 0. The van der Waals surface area contributed by atoms with E-state index in [-0.39, 0.29) is 0 Å². The Morgan fingerprint density at radius 1 is 1.69 bits per heavy atom. The van der Waals surface area contributed by atoms with Crippen LogP contribution in [0.2, 0.25) is 0 Å². The highest BCUT2D eigenvalue weighted by Gasteiger charge is 1.93. The van der Waals surface area contributed by atoms with Crippen LogP contribution in [0, 0.1) is 10.1 Å².